The molecule has 3 amide bonds. The Hall–Kier alpha value is -5.90. The Morgan fingerprint density at radius 2 is 1.30 bits per heavy atom. The number of amides is 3. The maximum atomic E-state index is 13.2. The summed E-state index contributed by atoms with van der Waals surface area (Å²) in [5.74, 6) is -1.82. The summed E-state index contributed by atoms with van der Waals surface area (Å²) in [7, 11) is 0. The van der Waals surface area contributed by atoms with Crippen LogP contribution in [0.3, 0.4) is 0 Å². The van der Waals surface area contributed by atoms with Crippen LogP contribution in [0.1, 0.15) is 47.1 Å². The number of rotatable bonds is 11. The summed E-state index contributed by atoms with van der Waals surface area (Å²) in [4.78, 5) is 51.5. The molecule has 0 aromatic heterocycles. The van der Waals surface area contributed by atoms with E-state index in [4.69, 9.17) is 9.47 Å². The lowest BCUT2D eigenvalue weighted by Gasteiger charge is -2.29. The van der Waals surface area contributed by atoms with Gasteiger partial charge in [0.25, 0.3) is 0 Å². The van der Waals surface area contributed by atoms with Crippen LogP contribution in [0.5, 0.6) is 11.5 Å². The van der Waals surface area contributed by atoms with Crippen molar-refractivity contribution < 1.29 is 33.8 Å². The quantitative estimate of drug-likeness (QED) is 0.162. The molecule has 238 valence electrons. The smallest absolute Gasteiger partial charge is 0.407 e. The fourth-order valence-corrected chi connectivity index (χ4v) is 6.12. The number of carbonyl (C=O) groups is 4. The van der Waals surface area contributed by atoms with E-state index in [-0.39, 0.29) is 18.9 Å². The lowest BCUT2D eigenvalue weighted by atomic mass is 9.94. The molecule has 0 bridgehead atoms. The lowest BCUT2D eigenvalue weighted by Crippen LogP contribution is -2.52. The molecule has 1 heterocycles. The van der Waals surface area contributed by atoms with Gasteiger partial charge in [-0.1, -0.05) is 91.0 Å². The van der Waals surface area contributed by atoms with Crippen molar-refractivity contribution in [2.24, 2.45) is 0 Å². The molecule has 10 heteroatoms. The van der Waals surface area contributed by atoms with Crippen LogP contribution in [0.25, 0.3) is 11.1 Å². The van der Waals surface area contributed by atoms with Crippen molar-refractivity contribution in [1.29, 1.82) is 0 Å². The normalized spacial score (nSPS) is 14.1. The molecular formula is C37H33N3O7. The number of ether oxygens (including phenoxy) is 2. The highest BCUT2D eigenvalue weighted by atomic mass is 16.5. The van der Waals surface area contributed by atoms with Crippen LogP contribution in [0.15, 0.2) is 110 Å². The third-order valence-electron chi connectivity index (χ3n) is 8.34. The Bertz CT molecular complexity index is 1760. The van der Waals surface area contributed by atoms with E-state index in [1.807, 2.05) is 84.9 Å². The van der Waals surface area contributed by atoms with E-state index >= 15 is 0 Å². The van der Waals surface area contributed by atoms with Crippen LogP contribution >= 0.6 is 0 Å². The third kappa shape index (κ3) is 6.57. The molecule has 4 N–H and O–H groups in total. The van der Waals surface area contributed by atoms with Crippen LogP contribution < -0.4 is 20.7 Å². The Kier molecular flexibility index (Phi) is 9.01. The molecule has 0 radical (unpaired) electrons. The van der Waals surface area contributed by atoms with Gasteiger partial charge in [0, 0.05) is 17.0 Å². The number of carboxylic acids is 1. The number of carbonyl (C=O) groups excluding carboxylic acids is 3. The van der Waals surface area contributed by atoms with Gasteiger partial charge in [-0.25, -0.2) is 9.59 Å². The maximum Gasteiger partial charge on any atom is 0.407 e. The molecular weight excluding hydrogens is 598 g/mol. The number of hydrogen-bond acceptors (Lipinski definition) is 6. The van der Waals surface area contributed by atoms with Crippen molar-refractivity contribution in [3.05, 3.63) is 132 Å². The minimum Gasteiger partial charge on any atom is -0.480 e. The molecule has 0 spiro atoms. The average molecular weight is 632 g/mol. The highest BCUT2D eigenvalue weighted by Gasteiger charge is 2.33. The number of aliphatic carboxylic acids is 1. The zero-order chi connectivity index (χ0) is 32.9. The lowest BCUT2D eigenvalue weighted by molar-refractivity contribution is -0.143. The average Bonchev–Trinajstić information content (AvgIpc) is 3.40. The fraction of sp³-hybridized carbons (Fsp3) is 0.189. The second-order valence-electron chi connectivity index (χ2n) is 11.3. The molecule has 4 aromatic rings. The molecule has 2 aliphatic rings. The summed E-state index contributed by atoms with van der Waals surface area (Å²) in [6.45, 7) is 3.69. The second kappa shape index (κ2) is 13.6. The van der Waals surface area contributed by atoms with Crippen LogP contribution in [0.2, 0.25) is 0 Å². The van der Waals surface area contributed by atoms with E-state index in [1.165, 1.54) is 6.08 Å². The predicted molar refractivity (Wildman–Crippen MR) is 174 cm³/mol. The van der Waals surface area contributed by atoms with Gasteiger partial charge in [-0.15, -0.1) is 6.58 Å². The molecule has 0 fully saturated rings. The molecule has 1 aliphatic carbocycles. The van der Waals surface area contributed by atoms with E-state index in [0.717, 1.165) is 22.3 Å². The van der Waals surface area contributed by atoms with E-state index in [1.54, 1.807) is 12.1 Å². The highest BCUT2D eigenvalue weighted by Crippen LogP contribution is 2.45. The van der Waals surface area contributed by atoms with E-state index in [9.17, 15) is 24.3 Å². The monoisotopic (exact) mass is 631 g/mol. The van der Waals surface area contributed by atoms with Gasteiger partial charge >= 0.3 is 12.1 Å². The highest BCUT2D eigenvalue weighted by molar-refractivity contribution is 5.92. The fourth-order valence-electron chi connectivity index (χ4n) is 6.12. The zero-order valence-electron chi connectivity index (χ0n) is 25.3. The Morgan fingerprint density at radius 3 is 1.85 bits per heavy atom. The summed E-state index contributed by atoms with van der Waals surface area (Å²) < 4.78 is 11.5. The Balaban J connectivity index is 1.08. The van der Waals surface area contributed by atoms with Crippen molar-refractivity contribution >= 4 is 23.9 Å². The maximum absolute atomic E-state index is 13.2. The van der Waals surface area contributed by atoms with Crippen molar-refractivity contribution in [3.63, 3.8) is 0 Å². The van der Waals surface area contributed by atoms with Crippen molar-refractivity contribution in [3.8, 4) is 22.6 Å². The number of nitrogens with one attached hydrogen (secondary N) is 3. The first-order valence-electron chi connectivity index (χ1n) is 15.2. The van der Waals surface area contributed by atoms with Gasteiger partial charge in [0.2, 0.25) is 11.8 Å². The summed E-state index contributed by atoms with van der Waals surface area (Å²) in [5, 5.41) is 17.7. The number of fused-ring (bicyclic) bond motifs is 5. The van der Waals surface area contributed by atoms with Gasteiger partial charge in [0.05, 0.1) is 12.5 Å². The number of para-hydroxylation sites is 2. The minimum absolute atomic E-state index is 0.00417. The van der Waals surface area contributed by atoms with Crippen LogP contribution in [0.4, 0.5) is 4.79 Å². The minimum atomic E-state index is -1.57. The van der Waals surface area contributed by atoms with Crippen LogP contribution in [-0.2, 0) is 19.1 Å². The molecule has 4 aromatic carbocycles. The summed E-state index contributed by atoms with van der Waals surface area (Å²) >= 11 is 0. The first-order valence-corrected chi connectivity index (χ1v) is 15.2. The third-order valence-corrected chi connectivity index (χ3v) is 8.34. The first-order chi connectivity index (χ1) is 22.8. The summed E-state index contributed by atoms with van der Waals surface area (Å²) in [6, 6.07) is 27.0. The van der Waals surface area contributed by atoms with E-state index in [2.05, 4.69) is 22.5 Å². The topological polar surface area (TPSA) is 143 Å². The summed E-state index contributed by atoms with van der Waals surface area (Å²) in [6.07, 6.45) is 0.0465. The van der Waals surface area contributed by atoms with E-state index in [0.29, 0.717) is 22.6 Å². The van der Waals surface area contributed by atoms with Gasteiger partial charge in [0.15, 0.2) is 0 Å². The molecule has 1 aliphatic heterocycles. The van der Waals surface area contributed by atoms with Crippen molar-refractivity contribution in [1.82, 2.24) is 16.0 Å². The number of carboxylic acid groups (broad SMARTS) is 1. The predicted octanol–water partition coefficient (Wildman–Crippen LogP) is 5.44. The molecule has 2 atom stereocenters. The van der Waals surface area contributed by atoms with Gasteiger partial charge in [-0.05, 0) is 40.8 Å². The first kappa shape index (κ1) is 31.1. The van der Waals surface area contributed by atoms with Crippen LogP contribution in [0, 0.1) is 0 Å². The molecule has 0 unspecified atom stereocenters. The van der Waals surface area contributed by atoms with Crippen LogP contribution in [-0.4, -0.2) is 47.7 Å². The standard InChI is InChI=1S/C37H33N3O7/c1-2-11-29(39-37(45)46-21-28-24-14-5-3-12-22(24)23-13-4-6-15-25(23)28)35(42)38-30(36(43)44)20-33(41)40-34-26-16-7-9-18-31(26)47-32-19-10-8-17-27(32)34/h2-10,12-19,28-30,34H,1,11,20-21H2,(H,38,42)(H,39,45)(H,40,41)(H,43,44)/t29-,30-/m0/s1. The van der Waals surface area contributed by atoms with Crippen molar-refractivity contribution in [2.75, 3.05) is 6.61 Å². The zero-order valence-corrected chi connectivity index (χ0v) is 25.3. The number of alkyl carbamates (subject to hydrolysis) is 1. The summed E-state index contributed by atoms with van der Waals surface area (Å²) in [5.41, 5.74) is 5.67. The van der Waals surface area contributed by atoms with E-state index < -0.39 is 48.4 Å². The van der Waals surface area contributed by atoms with Gasteiger partial charge in [-0.2, -0.15) is 0 Å². The molecule has 47 heavy (non-hydrogen) atoms. The van der Waals surface area contributed by atoms with Gasteiger partial charge < -0.3 is 30.5 Å². The molecule has 6 rings (SSSR count). The SMILES string of the molecule is C=CC[C@H](NC(=O)OCC1c2ccccc2-c2ccccc21)C(=O)N[C@@H](CC(=O)NC1c2ccccc2Oc2ccccc21)C(=O)O. The number of benzene rings is 4. The second-order valence-corrected chi connectivity index (χ2v) is 11.3. The van der Waals surface area contributed by atoms with Crippen molar-refractivity contribution in [2.45, 2.75) is 36.9 Å². The number of hydrogen-bond donors (Lipinski definition) is 4. The molecule has 0 saturated heterocycles. The molecule has 10 nitrogen and oxygen atoms in total. The van der Waals surface area contributed by atoms with Gasteiger partial charge in [0.1, 0.15) is 30.2 Å². The Morgan fingerprint density at radius 1 is 0.766 bits per heavy atom. The molecule has 0 saturated carbocycles. The largest absolute Gasteiger partial charge is 0.480 e. The van der Waals surface area contributed by atoms with Gasteiger partial charge in [-0.3, -0.25) is 9.59 Å². The Labute approximate surface area is 271 Å².